The molecule has 8 heteroatoms. The number of halogens is 1. The molecule has 2 heterocycles. The van der Waals surface area contributed by atoms with Gasteiger partial charge in [0, 0.05) is 11.6 Å². The summed E-state index contributed by atoms with van der Waals surface area (Å²) in [5.74, 6) is -0.0537. The van der Waals surface area contributed by atoms with Crippen LogP contribution in [0.15, 0.2) is 36.7 Å². The number of hydrogen-bond donors (Lipinski definition) is 3. The number of benzene rings is 1. The quantitative estimate of drug-likeness (QED) is 0.795. The van der Waals surface area contributed by atoms with Crippen LogP contribution in [0.4, 0.5) is 10.5 Å². The Balaban J connectivity index is 1.63. The lowest BCUT2D eigenvalue weighted by atomic mass is 9.94. The van der Waals surface area contributed by atoms with Crippen molar-refractivity contribution in [3.63, 3.8) is 0 Å². The highest BCUT2D eigenvalue weighted by molar-refractivity contribution is 6.30. The van der Waals surface area contributed by atoms with E-state index in [0.29, 0.717) is 17.3 Å². The Bertz CT molecular complexity index is 743. The lowest BCUT2D eigenvalue weighted by molar-refractivity contribution is -0.125. The molecule has 0 spiro atoms. The van der Waals surface area contributed by atoms with Crippen molar-refractivity contribution in [2.24, 2.45) is 5.92 Å². The monoisotopic (exact) mass is 347 g/mol. The minimum Gasteiger partial charge on any atom is -0.354 e. The van der Waals surface area contributed by atoms with E-state index in [1.165, 1.54) is 0 Å². The summed E-state index contributed by atoms with van der Waals surface area (Å²) in [7, 11) is 0. The number of amides is 3. The lowest BCUT2D eigenvalue weighted by Crippen LogP contribution is -2.55. The van der Waals surface area contributed by atoms with Gasteiger partial charge in [0.1, 0.15) is 6.04 Å². The zero-order valence-corrected chi connectivity index (χ0v) is 13.9. The fourth-order valence-corrected chi connectivity index (χ4v) is 2.72. The lowest BCUT2D eigenvalue weighted by Gasteiger charge is -2.28. The van der Waals surface area contributed by atoms with E-state index in [-0.39, 0.29) is 11.8 Å². The molecule has 3 N–H and O–H groups in total. The Kier molecular flexibility index (Phi) is 4.71. The number of hydrogen-bond acceptors (Lipinski definition) is 3. The van der Waals surface area contributed by atoms with Crippen LogP contribution in [0.3, 0.4) is 0 Å². The van der Waals surface area contributed by atoms with Crippen molar-refractivity contribution in [3.05, 3.63) is 41.7 Å². The largest absolute Gasteiger partial charge is 0.354 e. The van der Waals surface area contributed by atoms with Gasteiger partial charge in [-0.1, -0.05) is 18.5 Å². The Morgan fingerprint density at radius 1 is 1.38 bits per heavy atom. The van der Waals surface area contributed by atoms with E-state index in [0.717, 1.165) is 12.1 Å². The molecule has 0 aliphatic carbocycles. The average Bonchev–Trinajstić information content (AvgIpc) is 3.00. The molecule has 1 aliphatic rings. The molecule has 0 bridgehead atoms. The van der Waals surface area contributed by atoms with Crippen LogP contribution in [-0.2, 0) is 4.79 Å². The first kappa shape index (κ1) is 16.3. The number of aromatic nitrogens is 2. The molecular weight excluding hydrogens is 330 g/mol. The first-order chi connectivity index (χ1) is 11.5. The van der Waals surface area contributed by atoms with E-state index in [1.54, 1.807) is 29.2 Å². The topological polar surface area (TPSA) is 88.1 Å². The molecule has 1 saturated heterocycles. The first-order valence-corrected chi connectivity index (χ1v) is 8.06. The van der Waals surface area contributed by atoms with Crippen molar-refractivity contribution in [2.45, 2.75) is 19.4 Å². The van der Waals surface area contributed by atoms with Crippen molar-refractivity contribution in [2.75, 3.05) is 11.9 Å². The normalized spacial score (nSPS) is 20.3. The number of nitrogens with zero attached hydrogens (tertiary/aromatic N) is 2. The summed E-state index contributed by atoms with van der Waals surface area (Å²) in [6.45, 7) is 2.59. The summed E-state index contributed by atoms with van der Waals surface area (Å²) in [4.78, 5) is 23.9. The molecule has 3 rings (SSSR count). The van der Waals surface area contributed by atoms with Gasteiger partial charge in [-0.05, 0) is 36.6 Å². The minimum absolute atomic E-state index is 0.0984. The van der Waals surface area contributed by atoms with Crippen LogP contribution >= 0.6 is 11.6 Å². The van der Waals surface area contributed by atoms with Gasteiger partial charge in [0.25, 0.3) is 0 Å². The van der Waals surface area contributed by atoms with E-state index in [4.69, 9.17) is 11.6 Å². The molecule has 3 amide bonds. The molecule has 1 fully saturated rings. The first-order valence-electron chi connectivity index (χ1n) is 7.69. The predicted molar refractivity (Wildman–Crippen MR) is 91.3 cm³/mol. The highest BCUT2D eigenvalue weighted by Crippen LogP contribution is 2.16. The molecular formula is C16H18ClN5O2. The molecule has 7 nitrogen and oxygen atoms in total. The minimum atomic E-state index is -0.523. The van der Waals surface area contributed by atoms with Crippen LogP contribution in [-0.4, -0.2) is 34.3 Å². The van der Waals surface area contributed by atoms with Crippen LogP contribution in [0.1, 0.15) is 13.3 Å². The summed E-state index contributed by atoms with van der Waals surface area (Å²) in [5.41, 5.74) is 1.36. The van der Waals surface area contributed by atoms with E-state index >= 15 is 0 Å². The zero-order valence-electron chi connectivity index (χ0n) is 13.1. The number of carbonyl (C=O) groups is 2. The maximum Gasteiger partial charge on any atom is 0.319 e. The van der Waals surface area contributed by atoms with Crippen LogP contribution in [0, 0.1) is 5.92 Å². The van der Waals surface area contributed by atoms with Gasteiger partial charge in [0.05, 0.1) is 23.8 Å². The summed E-state index contributed by atoms with van der Waals surface area (Å²) in [5, 5.41) is 13.0. The Hall–Kier alpha value is -2.54. The molecule has 0 saturated carbocycles. The van der Waals surface area contributed by atoms with Crippen molar-refractivity contribution < 1.29 is 9.59 Å². The smallest absolute Gasteiger partial charge is 0.319 e. The van der Waals surface area contributed by atoms with Crippen LogP contribution < -0.4 is 16.0 Å². The van der Waals surface area contributed by atoms with Gasteiger partial charge < -0.3 is 16.0 Å². The molecule has 0 radical (unpaired) electrons. The van der Waals surface area contributed by atoms with Gasteiger partial charge in [-0.2, -0.15) is 5.10 Å². The third kappa shape index (κ3) is 3.68. The van der Waals surface area contributed by atoms with Gasteiger partial charge >= 0.3 is 6.03 Å². The zero-order chi connectivity index (χ0) is 17.1. The number of urea groups is 1. The highest BCUT2D eigenvalue weighted by Gasteiger charge is 2.30. The summed E-state index contributed by atoms with van der Waals surface area (Å²) < 4.78 is 1.63. The number of anilines is 1. The number of rotatable bonds is 3. The Morgan fingerprint density at radius 2 is 2.12 bits per heavy atom. The van der Waals surface area contributed by atoms with Crippen molar-refractivity contribution in [3.8, 4) is 5.69 Å². The van der Waals surface area contributed by atoms with Crippen LogP contribution in [0.25, 0.3) is 5.69 Å². The average molecular weight is 348 g/mol. The maximum atomic E-state index is 12.1. The van der Waals surface area contributed by atoms with Crippen molar-refractivity contribution in [1.29, 1.82) is 0 Å². The van der Waals surface area contributed by atoms with Gasteiger partial charge in [0.2, 0.25) is 5.91 Å². The van der Waals surface area contributed by atoms with Gasteiger partial charge in [-0.3, -0.25) is 4.79 Å². The van der Waals surface area contributed by atoms with E-state index < -0.39 is 12.1 Å². The van der Waals surface area contributed by atoms with Crippen LogP contribution in [0.5, 0.6) is 0 Å². The molecule has 24 heavy (non-hydrogen) atoms. The van der Waals surface area contributed by atoms with Crippen molar-refractivity contribution >= 4 is 29.2 Å². The summed E-state index contributed by atoms with van der Waals surface area (Å²) >= 11 is 5.86. The van der Waals surface area contributed by atoms with Gasteiger partial charge in [-0.15, -0.1) is 0 Å². The fraction of sp³-hybridized carbons (Fsp3) is 0.312. The number of piperidine rings is 1. The summed E-state index contributed by atoms with van der Waals surface area (Å²) in [6, 6.07) is 6.23. The second kappa shape index (κ2) is 6.92. The predicted octanol–water partition coefficient (Wildman–Crippen LogP) is 2.17. The van der Waals surface area contributed by atoms with Crippen LogP contribution in [0.2, 0.25) is 5.02 Å². The van der Waals surface area contributed by atoms with Crippen molar-refractivity contribution in [1.82, 2.24) is 20.4 Å². The fourth-order valence-electron chi connectivity index (χ4n) is 2.60. The van der Waals surface area contributed by atoms with E-state index in [9.17, 15) is 9.59 Å². The molecule has 1 aromatic heterocycles. The second-order valence-corrected chi connectivity index (χ2v) is 6.22. The molecule has 2 unspecified atom stereocenters. The third-order valence-electron chi connectivity index (χ3n) is 3.97. The molecule has 1 aromatic carbocycles. The molecule has 126 valence electrons. The Morgan fingerprint density at radius 3 is 2.83 bits per heavy atom. The molecule has 1 aliphatic heterocycles. The highest BCUT2D eigenvalue weighted by atomic mass is 35.5. The van der Waals surface area contributed by atoms with Gasteiger partial charge in [0.15, 0.2) is 0 Å². The second-order valence-electron chi connectivity index (χ2n) is 5.78. The summed E-state index contributed by atoms with van der Waals surface area (Å²) in [6.07, 6.45) is 4.07. The Labute approximate surface area is 144 Å². The van der Waals surface area contributed by atoms with Gasteiger partial charge in [-0.25, -0.2) is 9.48 Å². The van der Waals surface area contributed by atoms with E-state index in [1.807, 2.05) is 19.1 Å². The molecule has 2 atom stereocenters. The third-order valence-corrected chi connectivity index (χ3v) is 4.22. The van der Waals surface area contributed by atoms with E-state index in [2.05, 4.69) is 21.0 Å². The standard InChI is InChI=1S/C16H18ClN5O2/c1-10-6-7-18-15(23)14(10)21-16(24)20-12-8-19-22(9-12)13-4-2-11(17)3-5-13/h2-5,8-10,14H,6-7H2,1H3,(H,18,23)(H2,20,21,24). The maximum absolute atomic E-state index is 12.1. The SMILES string of the molecule is CC1CCNC(=O)C1NC(=O)Nc1cnn(-c2ccc(Cl)cc2)c1. The number of nitrogens with one attached hydrogen (secondary N) is 3. The number of carbonyl (C=O) groups excluding carboxylic acids is 2. The molecule has 2 aromatic rings.